The lowest BCUT2D eigenvalue weighted by molar-refractivity contribution is -0.120. The van der Waals surface area contributed by atoms with Crippen molar-refractivity contribution in [3.05, 3.63) is 35.4 Å². The molecule has 1 aromatic rings. The maximum absolute atomic E-state index is 12.4. The van der Waals surface area contributed by atoms with Crippen molar-refractivity contribution in [1.82, 2.24) is 10.2 Å². The molecule has 1 aliphatic heterocycles. The summed E-state index contributed by atoms with van der Waals surface area (Å²) in [5.74, 6) is 0.976. The molecule has 3 heteroatoms. The van der Waals surface area contributed by atoms with E-state index >= 15 is 0 Å². The van der Waals surface area contributed by atoms with Gasteiger partial charge < -0.3 is 10.2 Å². The van der Waals surface area contributed by atoms with Crippen molar-refractivity contribution in [1.29, 1.82) is 0 Å². The van der Waals surface area contributed by atoms with E-state index in [0.29, 0.717) is 17.9 Å². The molecule has 0 bridgehead atoms. The number of nitrogens with zero attached hydrogens (tertiary/aromatic N) is 1. The van der Waals surface area contributed by atoms with Crippen LogP contribution in [-0.2, 0) is 11.2 Å². The zero-order valence-electron chi connectivity index (χ0n) is 15.5. The van der Waals surface area contributed by atoms with Gasteiger partial charge in [-0.25, -0.2) is 0 Å². The number of likely N-dealkylation sites (tertiary alicyclic amines) is 1. The topological polar surface area (TPSA) is 32.3 Å². The fourth-order valence-electron chi connectivity index (χ4n) is 3.99. The zero-order valence-corrected chi connectivity index (χ0v) is 15.5. The minimum Gasteiger partial charge on any atom is -0.353 e. The van der Waals surface area contributed by atoms with E-state index in [0.717, 1.165) is 11.5 Å². The second kappa shape index (κ2) is 7.26. The van der Waals surface area contributed by atoms with Gasteiger partial charge in [-0.15, -0.1) is 0 Å². The summed E-state index contributed by atoms with van der Waals surface area (Å²) >= 11 is 0. The van der Waals surface area contributed by atoms with Crippen LogP contribution in [-0.4, -0.2) is 36.5 Å². The molecule has 2 fully saturated rings. The third-order valence-electron chi connectivity index (χ3n) is 6.01. The molecule has 1 heterocycles. The molecule has 1 aromatic carbocycles. The first-order chi connectivity index (χ1) is 11.5. The highest BCUT2D eigenvalue weighted by molar-refractivity contribution is 5.79. The quantitative estimate of drug-likeness (QED) is 0.866. The van der Waals surface area contributed by atoms with Crippen LogP contribution in [0, 0.1) is 18.3 Å². The van der Waals surface area contributed by atoms with Crippen LogP contribution < -0.4 is 5.32 Å². The van der Waals surface area contributed by atoms with E-state index in [1.165, 1.54) is 50.9 Å². The highest BCUT2D eigenvalue weighted by Gasteiger charge is 2.55. The summed E-state index contributed by atoms with van der Waals surface area (Å²) < 4.78 is 0. The van der Waals surface area contributed by atoms with Crippen LogP contribution in [0.25, 0.3) is 0 Å². The molecule has 1 unspecified atom stereocenters. The van der Waals surface area contributed by atoms with Gasteiger partial charge >= 0.3 is 0 Å². The normalized spacial score (nSPS) is 22.8. The van der Waals surface area contributed by atoms with Gasteiger partial charge in [-0.05, 0) is 74.7 Å². The SMILES string of the molecule is Cc1ccccc1CC(=O)NC1CC12CCN(CCC(C)C)CC2. The lowest BCUT2D eigenvalue weighted by Crippen LogP contribution is -2.39. The average molecular weight is 329 g/mol. The molecular weight excluding hydrogens is 296 g/mol. The molecule has 1 saturated carbocycles. The van der Waals surface area contributed by atoms with Crippen LogP contribution in [0.5, 0.6) is 0 Å². The van der Waals surface area contributed by atoms with E-state index in [9.17, 15) is 4.79 Å². The molecule has 3 nitrogen and oxygen atoms in total. The Bertz CT molecular complexity index is 573. The summed E-state index contributed by atoms with van der Waals surface area (Å²) in [5.41, 5.74) is 2.76. The summed E-state index contributed by atoms with van der Waals surface area (Å²) in [6.45, 7) is 10.3. The van der Waals surface area contributed by atoms with Crippen molar-refractivity contribution in [3.8, 4) is 0 Å². The van der Waals surface area contributed by atoms with Crippen LogP contribution in [0.4, 0.5) is 0 Å². The summed E-state index contributed by atoms with van der Waals surface area (Å²) in [4.78, 5) is 15.0. The Hall–Kier alpha value is -1.35. The molecule has 1 N–H and O–H groups in total. The fourth-order valence-corrected chi connectivity index (χ4v) is 3.99. The molecule has 2 aliphatic rings. The van der Waals surface area contributed by atoms with Gasteiger partial charge in [0.25, 0.3) is 0 Å². The largest absolute Gasteiger partial charge is 0.353 e. The van der Waals surface area contributed by atoms with Crippen LogP contribution in [0.3, 0.4) is 0 Å². The minimum absolute atomic E-state index is 0.188. The van der Waals surface area contributed by atoms with E-state index in [1.807, 2.05) is 12.1 Å². The molecular formula is C21H32N2O. The second-order valence-corrected chi connectivity index (χ2v) is 8.31. The highest BCUT2D eigenvalue weighted by atomic mass is 16.1. The fraction of sp³-hybridized carbons (Fsp3) is 0.667. The molecule has 3 rings (SSSR count). The predicted octanol–water partition coefficient (Wildman–Crippen LogP) is 3.55. The number of carbonyl (C=O) groups is 1. The zero-order chi connectivity index (χ0) is 17.2. The molecule has 1 aliphatic carbocycles. The summed E-state index contributed by atoms with van der Waals surface area (Å²) in [6.07, 6.45) is 5.49. The Morgan fingerprint density at radius 1 is 1.29 bits per heavy atom. The van der Waals surface area contributed by atoms with E-state index in [1.54, 1.807) is 0 Å². The van der Waals surface area contributed by atoms with Gasteiger partial charge in [0.05, 0.1) is 6.42 Å². The number of hydrogen-bond acceptors (Lipinski definition) is 2. The highest BCUT2D eigenvalue weighted by Crippen LogP contribution is 2.53. The lowest BCUT2D eigenvalue weighted by Gasteiger charge is -2.33. The molecule has 0 radical (unpaired) electrons. The number of rotatable bonds is 6. The number of piperidine rings is 1. The van der Waals surface area contributed by atoms with Gasteiger partial charge in [-0.2, -0.15) is 0 Å². The number of benzene rings is 1. The van der Waals surface area contributed by atoms with Crippen molar-refractivity contribution in [3.63, 3.8) is 0 Å². The summed E-state index contributed by atoms with van der Waals surface area (Å²) in [5, 5.41) is 3.30. The Morgan fingerprint density at radius 2 is 2.00 bits per heavy atom. The average Bonchev–Trinajstić information content (AvgIpc) is 3.20. The maximum atomic E-state index is 12.4. The monoisotopic (exact) mass is 328 g/mol. The van der Waals surface area contributed by atoms with Gasteiger partial charge in [-0.1, -0.05) is 38.1 Å². The molecule has 1 atom stereocenters. The van der Waals surface area contributed by atoms with E-state index in [-0.39, 0.29) is 5.91 Å². The third-order valence-corrected chi connectivity index (χ3v) is 6.01. The van der Waals surface area contributed by atoms with Gasteiger partial charge in [0.1, 0.15) is 0 Å². The number of amides is 1. The Morgan fingerprint density at radius 3 is 2.67 bits per heavy atom. The van der Waals surface area contributed by atoms with Crippen molar-refractivity contribution in [2.24, 2.45) is 11.3 Å². The Kier molecular flexibility index (Phi) is 5.29. The predicted molar refractivity (Wildman–Crippen MR) is 99.0 cm³/mol. The third kappa shape index (κ3) is 4.18. The molecule has 1 amide bonds. The standard InChI is InChI=1S/C21H32N2O/c1-16(2)8-11-23-12-9-21(10-13-23)15-19(21)22-20(24)14-18-7-5-4-6-17(18)3/h4-7,16,19H,8-15H2,1-3H3,(H,22,24). The second-order valence-electron chi connectivity index (χ2n) is 8.31. The molecule has 1 spiro atoms. The van der Waals surface area contributed by atoms with Crippen LogP contribution in [0.1, 0.15) is 50.7 Å². The van der Waals surface area contributed by atoms with Crippen molar-refractivity contribution in [2.75, 3.05) is 19.6 Å². The van der Waals surface area contributed by atoms with Crippen LogP contribution >= 0.6 is 0 Å². The Labute approximate surface area is 146 Å². The summed E-state index contributed by atoms with van der Waals surface area (Å²) in [7, 11) is 0. The van der Waals surface area contributed by atoms with Crippen molar-refractivity contribution in [2.45, 2.75) is 58.9 Å². The minimum atomic E-state index is 0.188. The van der Waals surface area contributed by atoms with E-state index < -0.39 is 0 Å². The molecule has 1 saturated heterocycles. The van der Waals surface area contributed by atoms with Gasteiger partial charge in [0.15, 0.2) is 0 Å². The number of hydrogen-bond donors (Lipinski definition) is 1. The molecule has 24 heavy (non-hydrogen) atoms. The number of nitrogens with one attached hydrogen (secondary N) is 1. The van der Waals surface area contributed by atoms with Crippen LogP contribution in [0.2, 0.25) is 0 Å². The first-order valence-electron chi connectivity index (χ1n) is 9.55. The first kappa shape index (κ1) is 17.5. The van der Waals surface area contributed by atoms with Crippen molar-refractivity contribution < 1.29 is 4.79 Å². The number of aryl methyl sites for hydroxylation is 1. The van der Waals surface area contributed by atoms with E-state index in [2.05, 4.69) is 43.1 Å². The Balaban J connectivity index is 1.43. The molecule has 0 aromatic heterocycles. The van der Waals surface area contributed by atoms with Gasteiger partial charge in [0, 0.05) is 6.04 Å². The van der Waals surface area contributed by atoms with Gasteiger partial charge in [-0.3, -0.25) is 4.79 Å². The first-order valence-corrected chi connectivity index (χ1v) is 9.55. The smallest absolute Gasteiger partial charge is 0.224 e. The van der Waals surface area contributed by atoms with Crippen LogP contribution in [0.15, 0.2) is 24.3 Å². The maximum Gasteiger partial charge on any atom is 0.224 e. The number of carbonyl (C=O) groups excluding carboxylic acids is 1. The summed E-state index contributed by atoms with van der Waals surface area (Å²) in [6, 6.07) is 8.60. The van der Waals surface area contributed by atoms with E-state index in [4.69, 9.17) is 0 Å². The van der Waals surface area contributed by atoms with Gasteiger partial charge in [0.2, 0.25) is 5.91 Å². The molecule has 132 valence electrons. The lowest BCUT2D eigenvalue weighted by atomic mass is 9.92. The van der Waals surface area contributed by atoms with Crippen molar-refractivity contribution >= 4 is 5.91 Å².